The molecule has 3 rings (SSSR count). The van der Waals surface area contributed by atoms with Crippen molar-refractivity contribution in [2.45, 2.75) is 25.9 Å². The van der Waals surface area contributed by atoms with E-state index in [1.807, 2.05) is 6.92 Å². The van der Waals surface area contributed by atoms with E-state index in [1.54, 1.807) is 34.7 Å². The Bertz CT molecular complexity index is 793. The van der Waals surface area contributed by atoms with E-state index in [9.17, 15) is 9.59 Å². The first kappa shape index (κ1) is 18.7. The van der Waals surface area contributed by atoms with Gasteiger partial charge >= 0.3 is 0 Å². The Morgan fingerprint density at radius 1 is 1.38 bits per heavy atom. The molecule has 2 amide bonds. The van der Waals surface area contributed by atoms with Crippen molar-refractivity contribution >= 4 is 34.8 Å². The van der Waals surface area contributed by atoms with Crippen molar-refractivity contribution in [3.05, 3.63) is 45.4 Å². The quantitative estimate of drug-likeness (QED) is 0.846. The summed E-state index contributed by atoms with van der Waals surface area (Å²) in [7, 11) is 0. The fourth-order valence-corrected chi connectivity index (χ4v) is 4.04. The van der Waals surface area contributed by atoms with E-state index < -0.39 is 5.91 Å². The second-order valence-corrected chi connectivity index (χ2v) is 7.64. The Morgan fingerprint density at radius 3 is 2.73 bits per heavy atom. The van der Waals surface area contributed by atoms with Crippen LogP contribution < -0.4 is 10.5 Å². The molecule has 0 aliphatic carbocycles. The van der Waals surface area contributed by atoms with Gasteiger partial charge in [-0.3, -0.25) is 9.59 Å². The van der Waals surface area contributed by atoms with E-state index in [2.05, 4.69) is 4.98 Å². The lowest BCUT2D eigenvalue weighted by Crippen LogP contribution is -2.49. The molecule has 2 N–H and O–H groups in total. The van der Waals surface area contributed by atoms with Crippen molar-refractivity contribution in [3.63, 3.8) is 0 Å². The number of nitrogens with zero attached hydrogens (tertiary/aromatic N) is 2. The van der Waals surface area contributed by atoms with Crippen molar-refractivity contribution in [3.8, 4) is 5.75 Å². The molecule has 8 heteroatoms. The number of carbonyl (C=O) groups is 2. The molecule has 1 fully saturated rings. The van der Waals surface area contributed by atoms with Gasteiger partial charge < -0.3 is 15.4 Å². The number of primary amides is 1. The molecule has 2 heterocycles. The number of thiazole rings is 1. The molecule has 1 aromatic heterocycles. The number of ether oxygens (including phenoxy) is 1. The molecule has 0 radical (unpaired) electrons. The molecule has 1 aromatic carbocycles. The molecule has 1 saturated heterocycles. The Balaban J connectivity index is 1.72. The van der Waals surface area contributed by atoms with Gasteiger partial charge in [0.1, 0.15) is 16.7 Å². The summed E-state index contributed by atoms with van der Waals surface area (Å²) in [4.78, 5) is 30.8. The Morgan fingerprint density at radius 2 is 2.12 bits per heavy atom. The van der Waals surface area contributed by atoms with Crippen molar-refractivity contribution in [1.29, 1.82) is 0 Å². The molecule has 1 aliphatic heterocycles. The molecule has 138 valence electrons. The molecular formula is C18H20ClN3O3S. The number of halogens is 1. The number of aryl methyl sites for hydroxylation is 1. The third-order valence-electron chi connectivity index (χ3n) is 4.46. The third kappa shape index (κ3) is 4.34. The normalized spacial score (nSPS) is 20.0. The van der Waals surface area contributed by atoms with Gasteiger partial charge in [0.2, 0.25) is 5.91 Å². The number of amides is 2. The number of likely N-dealkylation sites (tertiary alicyclic amines) is 1. The summed E-state index contributed by atoms with van der Waals surface area (Å²) >= 11 is 7.24. The van der Waals surface area contributed by atoms with Crippen LogP contribution in [-0.2, 0) is 4.79 Å². The minimum absolute atomic E-state index is 0.0515. The van der Waals surface area contributed by atoms with Gasteiger partial charge in [0.15, 0.2) is 0 Å². The Labute approximate surface area is 160 Å². The fourth-order valence-electron chi connectivity index (χ4n) is 3.14. The maximum atomic E-state index is 12.7. The number of carbonyl (C=O) groups excluding carboxylic acids is 2. The van der Waals surface area contributed by atoms with Crippen molar-refractivity contribution in [2.75, 3.05) is 13.1 Å². The summed E-state index contributed by atoms with van der Waals surface area (Å²) in [6, 6.07) is 7.10. The summed E-state index contributed by atoms with van der Waals surface area (Å²) in [6.07, 6.45) is 0.615. The topological polar surface area (TPSA) is 85.5 Å². The predicted molar refractivity (Wildman–Crippen MR) is 101 cm³/mol. The van der Waals surface area contributed by atoms with Gasteiger partial charge in [-0.15, -0.1) is 11.3 Å². The van der Waals surface area contributed by atoms with Crippen LogP contribution in [0.2, 0.25) is 5.02 Å². The SMILES string of the molecule is Cc1ncsc1C(=O)N1CC[C@H](Oc2ccc(Cl)cc2)[C@@H](CC(N)=O)C1. The Hall–Kier alpha value is -2.12. The molecule has 0 unspecified atom stereocenters. The molecule has 0 spiro atoms. The van der Waals surface area contributed by atoms with Gasteiger partial charge in [-0.05, 0) is 31.2 Å². The lowest BCUT2D eigenvalue weighted by atomic mass is 9.91. The standard InChI is InChI=1S/C18H20ClN3O3S/c1-11-17(26-10-21-11)18(24)22-7-6-15(12(9-22)8-16(20)23)25-14-4-2-13(19)3-5-14/h2-5,10,12,15H,6-9H2,1H3,(H2,20,23)/t12-,15-/m0/s1. The lowest BCUT2D eigenvalue weighted by molar-refractivity contribution is -0.120. The summed E-state index contributed by atoms with van der Waals surface area (Å²) < 4.78 is 6.05. The smallest absolute Gasteiger partial charge is 0.265 e. The van der Waals surface area contributed by atoms with Gasteiger partial charge in [0, 0.05) is 36.9 Å². The fraction of sp³-hybridized carbons (Fsp3) is 0.389. The molecule has 2 atom stereocenters. The van der Waals surface area contributed by atoms with Crippen LogP contribution in [0.25, 0.3) is 0 Å². The number of rotatable bonds is 5. The first-order valence-corrected chi connectivity index (χ1v) is 9.59. The van der Waals surface area contributed by atoms with Crippen molar-refractivity contribution < 1.29 is 14.3 Å². The summed E-state index contributed by atoms with van der Waals surface area (Å²) in [5.41, 5.74) is 7.81. The largest absolute Gasteiger partial charge is 0.490 e. The van der Waals surface area contributed by atoms with E-state index in [1.165, 1.54) is 11.3 Å². The average Bonchev–Trinajstić information content (AvgIpc) is 3.03. The van der Waals surface area contributed by atoms with E-state index in [4.69, 9.17) is 22.1 Å². The summed E-state index contributed by atoms with van der Waals surface area (Å²) in [6.45, 7) is 2.81. The molecule has 26 heavy (non-hydrogen) atoms. The molecule has 0 saturated carbocycles. The number of piperidine rings is 1. The van der Waals surface area contributed by atoms with Gasteiger partial charge in [-0.2, -0.15) is 0 Å². The first-order chi connectivity index (χ1) is 12.4. The zero-order valence-corrected chi connectivity index (χ0v) is 15.9. The van der Waals surface area contributed by atoms with Gasteiger partial charge in [0.05, 0.1) is 11.2 Å². The third-order valence-corrected chi connectivity index (χ3v) is 5.62. The molecule has 2 aromatic rings. The van der Waals surface area contributed by atoms with Crippen LogP contribution in [-0.4, -0.2) is 40.9 Å². The average molecular weight is 394 g/mol. The number of hydrogen-bond acceptors (Lipinski definition) is 5. The maximum absolute atomic E-state index is 12.7. The second kappa shape index (κ2) is 8.05. The monoisotopic (exact) mass is 393 g/mol. The van der Waals surface area contributed by atoms with Crippen LogP contribution in [0, 0.1) is 12.8 Å². The lowest BCUT2D eigenvalue weighted by Gasteiger charge is -2.38. The zero-order valence-electron chi connectivity index (χ0n) is 14.4. The first-order valence-electron chi connectivity index (χ1n) is 8.34. The van der Waals surface area contributed by atoms with Crippen LogP contribution in [0.3, 0.4) is 0 Å². The highest BCUT2D eigenvalue weighted by molar-refractivity contribution is 7.11. The van der Waals surface area contributed by atoms with Crippen LogP contribution in [0.15, 0.2) is 29.8 Å². The van der Waals surface area contributed by atoms with Crippen molar-refractivity contribution in [1.82, 2.24) is 9.88 Å². The highest BCUT2D eigenvalue weighted by Gasteiger charge is 2.35. The molecule has 0 bridgehead atoms. The van der Waals surface area contributed by atoms with Gasteiger partial charge in [0.25, 0.3) is 5.91 Å². The summed E-state index contributed by atoms with van der Waals surface area (Å²) in [5.74, 6) is 0.0773. The minimum Gasteiger partial charge on any atom is -0.490 e. The van der Waals surface area contributed by atoms with E-state index in [0.29, 0.717) is 35.2 Å². The predicted octanol–water partition coefficient (Wildman–Crippen LogP) is 2.89. The number of nitrogens with two attached hydrogens (primary N) is 1. The zero-order chi connectivity index (χ0) is 18.7. The van der Waals surface area contributed by atoms with Gasteiger partial charge in [-0.1, -0.05) is 11.6 Å². The molecule has 6 nitrogen and oxygen atoms in total. The molecular weight excluding hydrogens is 374 g/mol. The van der Waals surface area contributed by atoms with E-state index in [0.717, 1.165) is 5.69 Å². The van der Waals surface area contributed by atoms with E-state index in [-0.39, 0.29) is 24.3 Å². The van der Waals surface area contributed by atoms with Crippen LogP contribution in [0.5, 0.6) is 5.75 Å². The second-order valence-electron chi connectivity index (χ2n) is 6.35. The maximum Gasteiger partial charge on any atom is 0.265 e. The number of benzene rings is 1. The van der Waals surface area contributed by atoms with Gasteiger partial charge in [-0.25, -0.2) is 4.98 Å². The highest BCUT2D eigenvalue weighted by atomic mass is 35.5. The van der Waals surface area contributed by atoms with Crippen LogP contribution in [0.1, 0.15) is 28.2 Å². The van der Waals surface area contributed by atoms with Crippen LogP contribution >= 0.6 is 22.9 Å². The van der Waals surface area contributed by atoms with Crippen LogP contribution in [0.4, 0.5) is 0 Å². The number of aromatic nitrogens is 1. The summed E-state index contributed by atoms with van der Waals surface area (Å²) in [5, 5.41) is 0.631. The highest BCUT2D eigenvalue weighted by Crippen LogP contribution is 2.28. The number of hydrogen-bond donors (Lipinski definition) is 1. The van der Waals surface area contributed by atoms with E-state index >= 15 is 0 Å². The Kier molecular flexibility index (Phi) is 5.78. The molecule has 1 aliphatic rings. The minimum atomic E-state index is -0.400. The van der Waals surface area contributed by atoms with Crippen molar-refractivity contribution in [2.24, 2.45) is 11.7 Å².